The lowest BCUT2D eigenvalue weighted by atomic mass is 9.84. The normalized spacial score (nSPS) is 25.4. The number of benzene rings is 1. The van der Waals surface area contributed by atoms with Crippen LogP contribution in [0, 0.1) is 5.92 Å². The molecule has 3 fully saturated rings. The van der Waals surface area contributed by atoms with Gasteiger partial charge in [0.25, 0.3) is 5.56 Å². The van der Waals surface area contributed by atoms with Crippen molar-refractivity contribution in [1.29, 1.82) is 0 Å². The largest absolute Gasteiger partial charge is 0.508 e. The third-order valence-corrected chi connectivity index (χ3v) is 6.05. The van der Waals surface area contributed by atoms with Crippen LogP contribution < -0.4 is 5.56 Å². The molecule has 1 atom stereocenters. The highest BCUT2D eigenvalue weighted by Gasteiger charge is 2.35. The van der Waals surface area contributed by atoms with Crippen LogP contribution in [-0.4, -0.2) is 38.8 Å². The molecule has 6 rings (SSSR count). The summed E-state index contributed by atoms with van der Waals surface area (Å²) in [5.41, 5.74) is 1.98. The summed E-state index contributed by atoms with van der Waals surface area (Å²) in [5, 5.41) is 11.4. The quantitative estimate of drug-likeness (QED) is 0.679. The average molecular weight is 404 g/mol. The van der Waals surface area contributed by atoms with Crippen LogP contribution in [0.3, 0.4) is 0 Å². The van der Waals surface area contributed by atoms with Crippen LogP contribution in [0.15, 0.2) is 35.3 Å². The van der Waals surface area contributed by atoms with Crippen molar-refractivity contribution in [2.24, 2.45) is 13.0 Å². The van der Waals surface area contributed by atoms with Crippen LogP contribution in [0.1, 0.15) is 18.9 Å². The molecule has 5 heterocycles. The number of phenols is 1. The maximum atomic E-state index is 13.3. The van der Waals surface area contributed by atoms with Gasteiger partial charge in [0, 0.05) is 30.7 Å². The van der Waals surface area contributed by atoms with Crippen LogP contribution in [0.25, 0.3) is 21.8 Å². The summed E-state index contributed by atoms with van der Waals surface area (Å²) >= 11 is 0. The molecular formula is C19H22BrN3O2. The first kappa shape index (κ1) is 16.7. The Labute approximate surface area is 156 Å². The van der Waals surface area contributed by atoms with Crippen molar-refractivity contribution in [1.82, 2.24) is 14.0 Å². The van der Waals surface area contributed by atoms with Crippen LogP contribution in [0.5, 0.6) is 5.75 Å². The zero-order chi connectivity index (χ0) is 16.4. The van der Waals surface area contributed by atoms with Crippen molar-refractivity contribution in [3.63, 3.8) is 0 Å². The van der Waals surface area contributed by atoms with Gasteiger partial charge in [-0.25, -0.2) is 0 Å². The van der Waals surface area contributed by atoms with E-state index in [-0.39, 0.29) is 34.3 Å². The van der Waals surface area contributed by atoms with Crippen LogP contribution >= 0.6 is 17.0 Å². The van der Waals surface area contributed by atoms with E-state index in [1.54, 1.807) is 12.1 Å². The van der Waals surface area contributed by atoms with E-state index < -0.39 is 0 Å². The lowest BCUT2D eigenvalue weighted by Gasteiger charge is -2.45. The van der Waals surface area contributed by atoms with E-state index in [1.807, 2.05) is 34.5 Å². The second kappa shape index (κ2) is 5.88. The van der Waals surface area contributed by atoms with Gasteiger partial charge in [-0.3, -0.25) is 4.79 Å². The first-order chi connectivity index (χ1) is 11.6. The summed E-state index contributed by atoms with van der Waals surface area (Å²) in [6.07, 6.45) is 4.34. The van der Waals surface area contributed by atoms with Crippen molar-refractivity contribution in [3.05, 3.63) is 40.8 Å². The zero-order valence-electron chi connectivity index (χ0n) is 14.2. The number of fused-ring (bicyclic) bond motifs is 6. The number of aryl methyl sites for hydroxylation is 1. The molecule has 3 aromatic rings. The number of piperidine rings is 3. The predicted octanol–water partition coefficient (Wildman–Crippen LogP) is 3.04. The summed E-state index contributed by atoms with van der Waals surface area (Å²) < 4.78 is 3.98. The van der Waals surface area contributed by atoms with Crippen LogP contribution in [-0.2, 0) is 7.05 Å². The molecule has 0 spiro atoms. The monoisotopic (exact) mass is 403 g/mol. The molecule has 3 saturated heterocycles. The average Bonchev–Trinajstić information content (AvgIpc) is 2.89. The molecular weight excluding hydrogens is 382 g/mol. The highest BCUT2D eigenvalue weighted by atomic mass is 79.9. The number of pyridine rings is 1. The molecule has 0 aliphatic carbocycles. The second-order valence-corrected chi connectivity index (χ2v) is 7.25. The van der Waals surface area contributed by atoms with Crippen molar-refractivity contribution < 1.29 is 5.11 Å². The summed E-state index contributed by atoms with van der Waals surface area (Å²) in [5.74, 6) is 0.807. The highest BCUT2D eigenvalue weighted by Crippen LogP contribution is 2.36. The molecule has 25 heavy (non-hydrogen) atoms. The Morgan fingerprint density at radius 2 is 1.88 bits per heavy atom. The Balaban J connectivity index is 0.00000157. The van der Waals surface area contributed by atoms with Gasteiger partial charge in [0.15, 0.2) is 0 Å². The van der Waals surface area contributed by atoms with E-state index in [1.165, 1.54) is 25.9 Å². The molecule has 1 aromatic carbocycles. The predicted molar refractivity (Wildman–Crippen MR) is 105 cm³/mol. The van der Waals surface area contributed by atoms with E-state index in [9.17, 15) is 9.90 Å². The molecule has 3 aliphatic rings. The van der Waals surface area contributed by atoms with Crippen molar-refractivity contribution in [3.8, 4) is 5.75 Å². The minimum atomic E-state index is 0. The molecule has 2 bridgehead atoms. The molecule has 0 amide bonds. The molecule has 2 aromatic heterocycles. The van der Waals surface area contributed by atoms with E-state index in [2.05, 4.69) is 4.90 Å². The van der Waals surface area contributed by atoms with E-state index in [0.717, 1.165) is 28.4 Å². The second-order valence-electron chi connectivity index (χ2n) is 7.25. The van der Waals surface area contributed by atoms with Crippen molar-refractivity contribution in [2.45, 2.75) is 18.9 Å². The Kier molecular flexibility index (Phi) is 3.92. The number of nitrogens with zero attached hydrogens (tertiary/aromatic N) is 3. The molecule has 6 heteroatoms. The lowest BCUT2D eigenvalue weighted by molar-refractivity contribution is 0.0556. The third kappa shape index (κ3) is 2.34. The number of rotatable bonds is 1. The van der Waals surface area contributed by atoms with Gasteiger partial charge < -0.3 is 19.1 Å². The van der Waals surface area contributed by atoms with E-state index >= 15 is 0 Å². The fraction of sp³-hybridized carbons (Fsp3) is 0.421. The smallest absolute Gasteiger partial charge is 0.260 e. The first-order valence-electron chi connectivity index (χ1n) is 8.68. The fourth-order valence-corrected chi connectivity index (χ4v) is 4.73. The van der Waals surface area contributed by atoms with Gasteiger partial charge in [-0.2, -0.15) is 0 Å². The number of aromatic nitrogens is 2. The van der Waals surface area contributed by atoms with E-state index in [0.29, 0.717) is 5.92 Å². The topological polar surface area (TPSA) is 50.4 Å². The molecule has 132 valence electrons. The number of phenolic OH excluding ortho intramolecular Hbond substituents is 1. The van der Waals surface area contributed by atoms with Gasteiger partial charge >= 0.3 is 0 Å². The first-order valence-corrected chi connectivity index (χ1v) is 8.68. The summed E-state index contributed by atoms with van der Waals surface area (Å²) in [6.45, 7) is 3.31. The Morgan fingerprint density at radius 1 is 1.12 bits per heavy atom. The van der Waals surface area contributed by atoms with Gasteiger partial charge in [-0.05, 0) is 56.1 Å². The van der Waals surface area contributed by atoms with Gasteiger partial charge in [-0.15, -0.1) is 17.0 Å². The van der Waals surface area contributed by atoms with Crippen molar-refractivity contribution >= 4 is 38.8 Å². The minimum absolute atomic E-state index is 0. The third-order valence-electron chi connectivity index (χ3n) is 6.05. The fourth-order valence-electron chi connectivity index (χ4n) is 4.73. The number of hydrogen-bond donors (Lipinski definition) is 1. The Morgan fingerprint density at radius 3 is 2.56 bits per heavy atom. The molecule has 5 nitrogen and oxygen atoms in total. The zero-order valence-corrected chi connectivity index (χ0v) is 15.9. The minimum Gasteiger partial charge on any atom is -0.508 e. The van der Waals surface area contributed by atoms with Gasteiger partial charge in [0.05, 0.1) is 16.9 Å². The number of hydrogen-bond acceptors (Lipinski definition) is 3. The molecule has 1 N–H and O–H groups in total. The Hall–Kier alpha value is -1.79. The molecule has 0 saturated carbocycles. The van der Waals surface area contributed by atoms with Gasteiger partial charge in [0.2, 0.25) is 0 Å². The molecule has 0 unspecified atom stereocenters. The highest BCUT2D eigenvalue weighted by molar-refractivity contribution is 8.93. The molecule has 0 radical (unpaired) electrons. The lowest BCUT2D eigenvalue weighted by Crippen LogP contribution is -2.49. The number of aromatic hydroxyl groups is 1. The van der Waals surface area contributed by atoms with Gasteiger partial charge in [0.1, 0.15) is 5.75 Å². The summed E-state index contributed by atoms with van der Waals surface area (Å²) in [7, 11) is 1.97. The SMILES string of the molecule is Br.Cn1c2ccc(O)cc2c2c(=O)n([C@@H]3CN4CCC3CC4)ccc21. The maximum Gasteiger partial charge on any atom is 0.260 e. The van der Waals surface area contributed by atoms with Crippen molar-refractivity contribution in [2.75, 3.05) is 19.6 Å². The molecule has 3 aliphatic heterocycles. The van der Waals surface area contributed by atoms with Crippen LogP contribution in [0.2, 0.25) is 0 Å². The summed E-state index contributed by atoms with van der Waals surface area (Å²) in [6, 6.07) is 7.58. The van der Waals surface area contributed by atoms with Gasteiger partial charge in [-0.1, -0.05) is 0 Å². The summed E-state index contributed by atoms with van der Waals surface area (Å²) in [4.78, 5) is 15.8. The Bertz CT molecular complexity index is 1010. The van der Waals surface area contributed by atoms with Crippen LogP contribution in [0.4, 0.5) is 0 Å². The van der Waals surface area contributed by atoms with E-state index in [4.69, 9.17) is 0 Å². The standard InChI is InChI=1S/C19H21N3O2.BrH/c1-20-15-3-2-13(23)10-14(15)18-16(20)6-9-22(19(18)24)17-11-21-7-4-12(17)5-8-21;/h2-3,6,9-10,12,17,23H,4-5,7-8,11H2,1H3;1H/t17-;/m1./s1. The number of halogens is 1. The maximum absolute atomic E-state index is 13.3.